The second-order valence-corrected chi connectivity index (χ2v) is 8.10. The van der Waals surface area contributed by atoms with Crippen molar-refractivity contribution in [3.8, 4) is 0 Å². The van der Waals surface area contributed by atoms with Crippen molar-refractivity contribution in [2.24, 2.45) is 0 Å². The minimum Gasteiger partial charge on any atom is -0.356 e. The van der Waals surface area contributed by atoms with Crippen LogP contribution in [0.25, 0.3) is 0 Å². The Balaban J connectivity index is 1.55. The van der Waals surface area contributed by atoms with Gasteiger partial charge in [0, 0.05) is 28.2 Å². The molecule has 3 heterocycles. The second-order valence-electron chi connectivity index (χ2n) is 6.73. The molecule has 0 unspecified atom stereocenters. The maximum Gasteiger partial charge on any atom is 0.251 e. The summed E-state index contributed by atoms with van der Waals surface area (Å²) in [7, 11) is 0. The summed E-state index contributed by atoms with van der Waals surface area (Å²) in [5.74, 6) is -0.248. The van der Waals surface area contributed by atoms with E-state index in [-0.39, 0.29) is 24.5 Å². The number of rotatable bonds is 5. The van der Waals surface area contributed by atoms with Gasteiger partial charge in [-0.3, -0.25) is 14.6 Å². The summed E-state index contributed by atoms with van der Waals surface area (Å²) in [5, 5.41) is 2.96. The van der Waals surface area contributed by atoms with Gasteiger partial charge in [0.15, 0.2) is 6.10 Å². The number of hydrogen-bond acceptors (Lipinski definition) is 5. The summed E-state index contributed by atoms with van der Waals surface area (Å²) in [6.07, 6.45) is 4.63. The summed E-state index contributed by atoms with van der Waals surface area (Å²) in [6.45, 7) is 2.45. The Labute approximate surface area is 156 Å². The first-order valence-electron chi connectivity index (χ1n) is 8.79. The predicted molar refractivity (Wildman–Crippen MR) is 97.5 cm³/mol. The van der Waals surface area contributed by atoms with Crippen molar-refractivity contribution in [3.05, 3.63) is 52.0 Å². The molecule has 0 radical (unpaired) electrons. The fourth-order valence-electron chi connectivity index (χ4n) is 3.37. The summed E-state index contributed by atoms with van der Waals surface area (Å²) in [5.41, 5.74) is 0.833. The SMILES string of the molecule is Cc1ccc(CNC(=O)[C@H]2OCC(=O)N(C3CC3)[C@@H]2c2cccnc2)s1. The Morgan fingerprint density at radius 2 is 2.23 bits per heavy atom. The van der Waals surface area contributed by atoms with Crippen LogP contribution in [-0.2, 0) is 20.9 Å². The third kappa shape index (κ3) is 3.50. The number of nitrogens with zero attached hydrogens (tertiary/aromatic N) is 2. The maximum atomic E-state index is 12.9. The molecule has 2 aromatic heterocycles. The molecular formula is C19H21N3O3S. The van der Waals surface area contributed by atoms with Gasteiger partial charge in [-0.1, -0.05) is 6.07 Å². The maximum absolute atomic E-state index is 12.9. The molecule has 2 atom stereocenters. The molecule has 0 bridgehead atoms. The largest absolute Gasteiger partial charge is 0.356 e. The standard InChI is InChI=1S/C19H21N3O3S/c1-12-4-7-15(26-12)10-21-19(24)18-17(13-3-2-8-20-9-13)22(14-5-6-14)16(23)11-25-18/h2-4,7-9,14,17-18H,5-6,10-11H2,1H3,(H,21,24)/t17-,18+/m1/s1. The molecule has 0 aromatic carbocycles. The zero-order chi connectivity index (χ0) is 18.1. The van der Waals surface area contributed by atoms with E-state index in [1.54, 1.807) is 23.7 Å². The van der Waals surface area contributed by atoms with E-state index in [4.69, 9.17) is 4.74 Å². The van der Waals surface area contributed by atoms with Crippen LogP contribution in [0.1, 0.15) is 34.2 Å². The van der Waals surface area contributed by atoms with E-state index >= 15 is 0 Å². The molecule has 2 aliphatic rings. The van der Waals surface area contributed by atoms with Gasteiger partial charge in [0.25, 0.3) is 5.91 Å². The number of pyridine rings is 1. The Morgan fingerprint density at radius 1 is 1.38 bits per heavy atom. The number of aryl methyl sites for hydroxylation is 1. The zero-order valence-corrected chi connectivity index (χ0v) is 15.4. The van der Waals surface area contributed by atoms with Gasteiger partial charge in [0.2, 0.25) is 5.91 Å². The molecular weight excluding hydrogens is 350 g/mol. The van der Waals surface area contributed by atoms with E-state index in [9.17, 15) is 9.59 Å². The normalized spacial score (nSPS) is 23.1. The minimum atomic E-state index is -0.724. The number of carbonyl (C=O) groups is 2. The predicted octanol–water partition coefficient (Wildman–Crippen LogP) is 2.20. The Bertz CT molecular complexity index is 803. The van der Waals surface area contributed by atoms with Gasteiger partial charge in [-0.05, 0) is 43.5 Å². The molecule has 0 spiro atoms. The molecule has 7 heteroatoms. The molecule has 4 rings (SSSR count). The first-order valence-corrected chi connectivity index (χ1v) is 9.61. The summed E-state index contributed by atoms with van der Waals surface area (Å²) < 4.78 is 5.69. The van der Waals surface area contributed by atoms with Gasteiger partial charge in [0.05, 0.1) is 12.6 Å². The van der Waals surface area contributed by atoms with Crippen LogP contribution in [0.3, 0.4) is 0 Å². The number of aromatic nitrogens is 1. The lowest BCUT2D eigenvalue weighted by Gasteiger charge is -2.40. The summed E-state index contributed by atoms with van der Waals surface area (Å²) >= 11 is 1.66. The average molecular weight is 371 g/mol. The molecule has 1 saturated heterocycles. The average Bonchev–Trinajstić information content (AvgIpc) is 3.41. The fourth-order valence-corrected chi connectivity index (χ4v) is 4.20. The van der Waals surface area contributed by atoms with Crippen LogP contribution >= 0.6 is 11.3 Å². The third-order valence-electron chi connectivity index (χ3n) is 4.72. The van der Waals surface area contributed by atoms with Crippen molar-refractivity contribution >= 4 is 23.2 Å². The van der Waals surface area contributed by atoms with Crippen molar-refractivity contribution in [1.29, 1.82) is 0 Å². The third-order valence-corrected chi connectivity index (χ3v) is 5.72. The van der Waals surface area contributed by atoms with Gasteiger partial charge in [-0.15, -0.1) is 11.3 Å². The van der Waals surface area contributed by atoms with E-state index in [2.05, 4.69) is 10.3 Å². The zero-order valence-electron chi connectivity index (χ0n) is 14.6. The van der Waals surface area contributed by atoms with E-state index in [0.29, 0.717) is 6.54 Å². The summed E-state index contributed by atoms with van der Waals surface area (Å²) in [4.78, 5) is 33.6. The van der Waals surface area contributed by atoms with Crippen LogP contribution in [0.15, 0.2) is 36.7 Å². The number of ether oxygens (including phenoxy) is 1. The molecule has 1 N–H and O–H groups in total. The van der Waals surface area contributed by atoms with E-state index in [0.717, 1.165) is 23.3 Å². The first kappa shape index (κ1) is 17.2. The number of hydrogen-bond donors (Lipinski definition) is 1. The first-order chi connectivity index (χ1) is 12.6. The van der Waals surface area contributed by atoms with Crippen molar-refractivity contribution < 1.29 is 14.3 Å². The Morgan fingerprint density at radius 3 is 2.88 bits per heavy atom. The molecule has 1 aliphatic heterocycles. The Kier molecular flexibility index (Phi) is 4.74. The lowest BCUT2D eigenvalue weighted by Crippen LogP contribution is -2.55. The Hall–Kier alpha value is -2.25. The highest BCUT2D eigenvalue weighted by Gasteiger charge is 2.47. The number of thiophene rings is 1. The van der Waals surface area contributed by atoms with Crippen LogP contribution in [0.5, 0.6) is 0 Å². The minimum absolute atomic E-state index is 0.0521. The van der Waals surface area contributed by atoms with Crippen LogP contribution in [0.2, 0.25) is 0 Å². The van der Waals surface area contributed by atoms with Gasteiger partial charge < -0.3 is 15.0 Å². The van der Waals surface area contributed by atoms with Crippen molar-refractivity contribution in [2.75, 3.05) is 6.61 Å². The quantitative estimate of drug-likeness (QED) is 0.875. The molecule has 1 aliphatic carbocycles. The van der Waals surface area contributed by atoms with E-state index < -0.39 is 12.1 Å². The molecule has 6 nitrogen and oxygen atoms in total. The van der Waals surface area contributed by atoms with Crippen LogP contribution in [-0.4, -0.2) is 40.5 Å². The smallest absolute Gasteiger partial charge is 0.251 e. The second kappa shape index (κ2) is 7.17. The topological polar surface area (TPSA) is 71.5 Å². The van der Waals surface area contributed by atoms with Gasteiger partial charge in [0.1, 0.15) is 6.61 Å². The van der Waals surface area contributed by atoms with Gasteiger partial charge in [-0.25, -0.2) is 0 Å². The monoisotopic (exact) mass is 371 g/mol. The lowest BCUT2D eigenvalue weighted by molar-refractivity contribution is -0.165. The van der Waals surface area contributed by atoms with Crippen molar-refractivity contribution in [3.63, 3.8) is 0 Å². The van der Waals surface area contributed by atoms with Crippen molar-refractivity contribution in [1.82, 2.24) is 15.2 Å². The fraction of sp³-hybridized carbons (Fsp3) is 0.421. The van der Waals surface area contributed by atoms with Gasteiger partial charge in [-0.2, -0.15) is 0 Å². The van der Waals surface area contributed by atoms with E-state index in [1.807, 2.05) is 36.1 Å². The number of carbonyl (C=O) groups excluding carboxylic acids is 2. The molecule has 2 fully saturated rings. The van der Waals surface area contributed by atoms with Crippen LogP contribution in [0, 0.1) is 6.92 Å². The molecule has 2 aromatic rings. The van der Waals surface area contributed by atoms with Crippen molar-refractivity contribution in [2.45, 2.75) is 44.5 Å². The highest BCUT2D eigenvalue weighted by Crippen LogP contribution is 2.39. The molecule has 2 amide bonds. The highest BCUT2D eigenvalue weighted by molar-refractivity contribution is 7.11. The van der Waals surface area contributed by atoms with E-state index in [1.165, 1.54) is 4.88 Å². The highest BCUT2D eigenvalue weighted by atomic mass is 32.1. The molecule has 26 heavy (non-hydrogen) atoms. The lowest BCUT2D eigenvalue weighted by atomic mass is 9.98. The number of amides is 2. The molecule has 136 valence electrons. The summed E-state index contributed by atoms with van der Waals surface area (Å²) in [6, 6.07) is 7.55. The van der Waals surface area contributed by atoms with Crippen LogP contribution < -0.4 is 5.32 Å². The molecule has 1 saturated carbocycles. The number of nitrogens with one attached hydrogen (secondary N) is 1. The van der Waals surface area contributed by atoms with Gasteiger partial charge >= 0.3 is 0 Å². The van der Waals surface area contributed by atoms with Crippen LogP contribution in [0.4, 0.5) is 0 Å². The number of morpholine rings is 1.